The fourth-order valence-electron chi connectivity index (χ4n) is 2.93. The number of aromatic nitrogens is 2. The van der Waals surface area contributed by atoms with Crippen LogP contribution in [0.15, 0.2) is 32.9 Å². The molecule has 1 aromatic heterocycles. The van der Waals surface area contributed by atoms with Gasteiger partial charge in [0, 0.05) is 31.2 Å². The largest absolute Gasteiger partial charge is 0.492 e. The maximum atomic E-state index is 14.7. The van der Waals surface area contributed by atoms with Gasteiger partial charge in [0.1, 0.15) is 18.1 Å². The van der Waals surface area contributed by atoms with Crippen molar-refractivity contribution in [3.05, 3.63) is 56.1 Å². The van der Waals surface area contributed by atoms with Gasteiger partial charge in [0.05, 0.1) is 18.0 Å². The minimum absolute atomic E-state index is 0.131. The van der Waals surface area contributed by atoms with E-state index in [1.807, 2.05) is 13.8 Å². The molecule has 0 spiro atoms. The number of ether oxygens (including phenoxy) is 1. The van der Waals surface area contributed by atoms with Crippen LogP contribution in [0.25, 0.3) is 5.69 Å². The molecule has 0 aliphatic carbocycles. The molecule has 7 nitrogen and oxygen atoms in total. The van der Waals surface area contributed by atoms with E-state index < -0.39 is 34.6 Å². The third-order valence-electron chi connectivity index (χ3n) is 4.39. The standard InChI is InChI=1S/C19H19F4N3O4/c1-10(2)9-30-24-13-4-5-29-15-7-12(20)14(6-11(13)15)26-17(27)8-16(19(21,22)23)25(3)18(26)28/h6-8,10H,4-5,9H2,1-3H3/b24-13+. The molecule has 0 N–H and O–H groups in total. The van der Waals surface area contributed by atoms with Gasteiger partial charge in [-0.15, -0.1) is 0 Å². The fraction of sp³-hybridized carbons (Fsp3) is 0.421. The lowest BCUT2D eigenvalue weighted by Crippen LogP contribution is -2.41. The quantitative estimate of drug-likeness (QED) is 0.554. The van der Waals surface area contributed by atoms with Gasteiger partial charge in [-0.05, 0) is 12.0 Å². The maximum absolute atomic E-state index is 14.7. The van der Waals surface area contributed by atoms with E-state index in [1.54, 1.807) is 0 Å². The average Bonchev–Trinajstić information content (AvgIpc) is 2.64. The zero-order chi connectivity index (χ0) is 22.2. The summed E-state index contributed by atoms with van der Waals surface area (Å²) < 4.78 is 59.8. The van der Waals surface area contributed by atoms with Crippen LogP contribution in [0.2, 0.25) is 0 Å². The Kier molecular flexibility index (Phi) is 5.73. The Balaban J connectivity index is 2.17. The topological polar surface area (TPSA) is 74.8 Å². The van der Waals surface area contributed by atoms with Crippen molar-refractivity contribution in [3.63, 3.8) is 0 Å². The third kappa shape index (κ3) is 4.10. The predicted molar refractivity (Wildman–Crippen MR) is 99.7 cm³/mol. The summed E-state index contributed by atoms with van der Waals surface area (Å²) in [6.07, 6.45) is -4.59. The third-order valence-corrected chi connectivity index (χ3v) is 4.39. The van der Waals surface area contributed by atoms with Crippen molar-refractivity contribution in [3.8, 4) is 11.4 Å². The number of fused-ring (bicyclic) bond motifs is 1. The number of alkyl halides is 3. The van der Waals surface area contributed by atoms with Crippen molar-refractivity contribution in [1.29, 1.82) is 0 Å². The molecule has 0 unspecified atom stereocenters. The lowest BCUT2D eigenvalue weighted by Gasteiger charge is -2.21. The van der Waals surface area contributed by atoms with Crippen LogP contribution in [0.4, 0.5) is 17.6 Å². The van der Waals surface area contributed by atoms with Crippen LogP contribution < -0.4 is 16.0 Å². The minimum atomic E-state index is -4.91. The maximum Gasteiger partial charge on any atom is 0.431 e. The first-order chi connectivity index (χ1) is 14.0. The van der Waals surface area contributed by atoms with E-state index in [1.165, 1.54) is 0 Å². The minimum Gasteiger partial charge on any atom is -0.492 e. The van der Waals surface area contributed by atoms with Crippen LogP contribution in [-0.2, 0) is 18.1 Å². The highest BCUT2D eigenvalue weighted by Gasteiger charge is 2.35. The van der Waals surface area contributed by atoms with Gasteiger partial charge in [-0.1, -0.05) is 19.0 Å². The van der Waals surface area contributed by atoms with Crippen molar-refractivity contribution in [2.24, 2.45) is 18.1 Å². The summed E-state index contributed by atoms with van der Waals surface area (Å²) in [4.78, 5) is 30.1. The van der Waals surface area contributed by atoms with Gasteiger partial charge in [0.2, 0.25) is 0 Å². The second kappa shape index (κ2) is 7.96. The summed E-state index contributed by atoms with van der Waals surface area (Å²) in [7, 11) is 0.854. The molecule has 0 saturated heterocycles. The van der Waals surface area contributed by atoms with Crippen LogP contribution in [0.3, 0.4) is 0 Å². The first-order valence-electron chi connectivity index (χ1n) is 9.07. The van der Waals surface area contributed by atoms with Gasteiger partial charge >= 0.3 is 11.9 Å². The molecule has 0 radical (unpaired) electrons. The van der Waals surface area contributed by atoms with Crippen molar-refractivity contribution in [1.82, 2.24) is 9.13 Å². The lowest BCUT2D eigenvalue weighted by atomic mass is 10.0. The average molecular weight is 429 g/mol. The van der Waals surface area contributed by atoms with Gasteiger partial charge in [0.25, 0.3) is 5.56 Å². The number of rotatable bonds is 4. The van der Waals surface area contributed by atoms with E-state index in [4.69, 9.17) is 9.57 Å². The molecule has 11 heteroatoms. The van der Waals surface area contributed by atoms with Crippen molar-refractivity contribution in [2.45, 2.75) is 26.4 Å². The fourth-order valence-corrected chi connectivity index (χ4v) is 2.93. The summed E-state index contributed by atoms with van der Waals surface area (Å²) >= 11 is 0. The van der Waals surface area contributed by atoms with Gasteiger partial charge in [0.15, 0.2) is 5.82 Å². The van der Waals surface area contributed by atoms with E-state index in [0.717, 1.165) is 19.2 Å². The van der Waals surface area contributed by atoms with Gasteiger partial charge in [-0.3, -0.25) is 9.36 Å². The number of benzene rings is 1. The molecular formula is C19H19F4N3O4. The summed E-state index contributed by atoms with van der Waals surface area (Å²) in [6, 6.07) is 2.36. The van der Waals surface area contributed by atoms with Crippen LogP contribution in [0.5, 0.6) is 5.75 Å². The lowest BCUT2D eigenvalue weighted by molar-refractivity contribution is -0.144. The highest BCUT2D eigenvalue weighted by Crippen LogP contribution is 2.30. The van der Waals surface area contributed by atoms with Crippen molar-refractivity contribution >= 4 is 5.71 Å². The molecule has 162 valence electrons. The Morgan fingerprint density at radius 2 is 1.93 bits per heavy atom. The van der Waals surface area contributed by atoms with Crippen LogP contribution >= 0.6 is 0 Å². The van der Waals surface area contributed by atoms with E-state index in [0.29, 0.717) is 23.3 Å². The van der Waals surface area contributed by atoms with Crippen LogP contribution in [0, 0.1) is 11.7 Å². The molecule has 0 saturated carbocycles. The van der Waals surface area contributed by atoms with Gasteiger partial charge in [-0.2, -0.15) is 13.2 Å². The molecule has 1 aliphatic rings. The Morgan fingerprint density at radius 3 is 2.57 bits per heavy atom. The molecule has 0 fully saturated rings. The molecule has 0 bridgehead atoms. The van der Waals surface area contributed by atoms with Crippen LogP contribution in [0.1, 0.15) is 31.5 Å². The second-order valence-corrected chi connectivity index (χ2v) is 7.17. The van der Waals surface area contributed by atoms with E-state index in [2.05, 4.69) is 5.16 Å². The molecule has 1 aromatic carbocycles. The Hall–Kier alpha value is -3.11. The molecule has 0 atom stereocenters. The smallest absolute Gasteiger partial charge is 0.431 e. The van der Waals surface area contributed by atoms with E-state index in [9.17, 15) is 27.2 Å². The van der Waals surface area contributed by atoms with Gasteiger partial charge in [-0.25, -0.2) is 13.8 Å². The molecule has 30 heavy (non-hydrogen) atoms. The monoisotopic (exact) mass is 429 g/mol. The van der Waals surface area contributed by atoms with Crippen LogP contribution in [-0.4, -0.2) is 28.1 Å². The zero-order valence-electron chi connectivity index (χ0n) is 16.4. The Labute approximate surface area is 168 Å². The summed E-state index contributed by atoms with van der Waals surface area (Å²) in [5.74, 6) is -0.658. The molecule has 2 heterocycles. The highest BCUT2D eigenvalue weighted by atomic mass is 19.4. The first-order valence-corrected chi connectivity index (χ1v) is 9.07. The number of nitrogens with zero attached hydrogens (tertiary/aromatic N) is 3. The molecule has 2 aromatic rings. The summed E-state index contributed by atoms with van der Waals surface area (Å²) in [5, 5.41) is 4.03. The number of hydrogen-bond acceptors (Lipinski definition) is 5. The van der Waals surface area contributed by atoms with E-state index >= 15 is 0 Å². The molecule has 1 aliphatic heterocycles. The number of oxime groups is 1. The highest BCUT2D eigenvalue weighted by molar-refractivity contribution is 6.03. The molecular weight excluding hydrogens is 410 g/mol. The zero-order valence-corrected chi connectivity index (χ0v) is 16.4. The molecule has 0 amide bonds. The SMILES string of the molecule is CC(C)CO/N=C1\CCOc2cc(F)c(-n3c(=O)cc(C(F)(F)F)n(C)c3=O)cc21. The Bertz CT molecular complexity index is 1120. The summed E-state index contributed by atoms with van der Waals surface area (Å²) in [5.41, 5.74) is -3.88. The Morgan fingerprint density at radius 1 is 1.23 bits per heavy atom. The predicted octanol–water partition coefficient (Wildman–Crippen LogP) is 2.85. The normalized spacial score (nSPS) is 15.3. The number of hydrogen-bond donors (Lipinski definition) is 0. The first kappa shape index (κ1) is 21.6. The van der Waals surface area contributed by atoms with Crippen molar-refractivity contribution < 1.29 is 27.1 Å². The van der Waals surface area contributed by atoms with Gasteiger partial charge < -0.3 is 9.57 Å². The van der Waals surface area contributed by atoms with E-state index in [-0.39, 0.29) is 34.5 Å². The number of halogens is 4. The van der Waals surface area contributed by atoms with Crippen molar-refractivity contribution in [2.75, 3.05) is 13.2 Å². The second-order valence-electron chi connectivity index (χ2n) is 7.17. The summed E-state index contributed by atoms with van der Waals surface area (Å²) in [6.45, 7) is 4.42. The molecule has 3 rings (SSSR count).